The normalized spacial score (nSPS) is 24.2. The van der Waals surface area contributed by atoms with Crippen LogP contribution in [0.2, 0.25) is 0 Å². The number of hydrogen-bond donors (Lipinski definition) is 1. The van der Waals surface area contributed by atoms with Gasteiger partial charge in [-0.25, -0.2) is 9.97 Å². The molecule has 1 heterocycles. The van der Waals surface area contributed by atoms with E-state index in [1.165, 1.54) is 37.7 Å². The van der Waals surface area contributed by atoms with Crippen molar-refractivity contribution in [3.05, 3.63) is 17.0 Å². The van der Waals surface area contributed by atoms with Crippen LogP contribution in [-0.2, 0) is 0 Å². The van der Waals surface area contributed by atoms with Crippen molar-refractivity contribution in [3.63, 3.8) is 0 Å². The first-order valence-corrected chi connectivity index (χ1v) is 8.18. The van der Waals surface area contributed by atoms with Gasteiger partial charge in [-0.2, -0.15) is 0 Å². The van der Waals surface area contributed by atoms with E-state index in [4.69, 9.17) is 5.73 Å². The molecule has 1 fully saturated rings. The van der Waals surface area contributed by atoms with Crippen LogP contribution < -0.4 is 5.73 Å². The number of thioether (sulfide) groups is 1. The van der Waals surface area contributed by atoms with E-state index in [0.717, 1.165) is 23.1 Å². The minimum absolute atomic E-state index is 0.592. The fourth-order valence-corrected chi connectivity index (χ4v) is 4.08. The highest BCUT2D eigenvalue weighted by Gasteiger charge is 2.24. The van der Waals surface area contributed by atoms with Gasteiger partial charge in [-0.1, -0.05) is 31.0 Å². The summed E-state index contributed by atoms with van der Waals surface area (Å²) in [6.45, 7) is 7.03. The van der Waals surface area contributed by atoms with E-state index in [0.29, 0.717) is 11.2 Å². The molecule has 2 rings (SSSR count). The molecule has 0 aliphatic heterocycles. The molecular weight excluding hydrogens is 254 g/mol. The molecule has 2 N–H and O–H groups in total. The minimum atomic E-state index is 0.592. The average Bonchev–Trinajstić information content (AvgIpc) is 2.61. The van der Waals surface area contributed by atoms with E-state index in [9.17, 15) is 0 Å². The van der Waals surface area contributed by atoms with Gasteiger partial charge >= 0.3 is 0 Å². The maximum Gasteiger partial charge on any atom is 0.188 e. The zero-order valence-corrected chi connectivity index (χ0v) is 13.1. The molecule has 1 saturated carbocycles. The smallest absolute Gasteiger partial charge is 0.188 e. The molecule has 19 heavy (non-hydrogen) atoms. The third kappa shape index (κ3) is 3.69. The molecule has 3 nitrogen and oxygen atoms in total. The van der Waals surface area contributed by atoms with Gasteiger partial charge in [0.2, 0.25) is 0 Å². The highest BCUT2D eigenvalue weighted by Crippen LogP contribution is 2.35. The highest BCUT2D eigenvalue weighted by atomic mass is 32.2. The van der Waals surface area contributed by atoms with Crippen LogP contribution in [0.25, 0.3) is 0 Å². The van der Waals surface area contributed by atoms with Crippen molar-refractivity contribution < 1.29 is 0 Å². The van der Waals surface area contributed by atoms with Crippen LogP contribution in [-0.4, -0.2) is 21.8 Å². The molecule has 2 atom stereocenters. The first kappa shape index (κ1) is 14.8. The summed E-state index contributed by atoms with van der Waals surface area (Å²) in [5, 5.41) is 1.53. The van der Waals surface area contributed by atoms with E-state index < -0.39 is 0 Å². The fourth-order valence-electron chi connectivity index (χ4n) is 2.70. The van der Waals surface area contributed by atoms with Crippen LogP contribution >= 0.6 is 11.8 Å². The lowest BCUT2D eigenvalue weighted by atomic mass is 10.0. The summed E-state index contributed by atoms with van der Waals surface area (Å²) in [5.74, 6) is 0.623. The molecule has 0 amide bonds. The summed E-state index contributed by atoms with van der Waals surface area (Å²) < 4.78 is 0. The molecule has 1 aliphatic carbocycles. The van der Waals surface area contributed by atoms with Crippen LogP contribution in [0.5, 0.6) is 0 Å². The third-order valence-electron chi connectivity index (χ3n) is 4.26. The quantitative estimate of drug-likeness (QED) is 0.680. The molecule has 1 aliphatic rings. The Bertz CT molecular complexity index is 410. The predicted molar refractivity (Wildman–Crippen MR) is 81.5 cm³/mol. The number of nitrogens with two attached hydrogens (primary N) is 1. The number of rotatable bonds is 3. The number of nitrogens with zero attached hydrogens (tertiary/aromatic N) is 2. The maximum atomic E-state index is 5.95. The Labute approximate surface area is 120 Å². The largest absolute Gasteiger partial charge is 0.330 e. The summed E-state index contributed by atoms with van der Waals surface area (Å²) >= 11 is 1.85. The summed E-state index contributed by atoms with van der Waals surface area (Å²) in [6, 6.07) is 0. The molecule has 0 aromatic carbocycles. The SMILES string of the molecule is Cc1nc(SC2CCCCCC2CN)nc(C)c1C. The van der Waals surface area contributed by atoms with Gasteiger partial charge in [-0.3, -0.25) is 0 Å². The molecule has 2 unspecified atom stereocenters. The Morgan fingerprint density at radius 3 is 2.32 bits per heavy atom. The summed E-state index contributed by atoms with van der Waals surface area (Å²) in [6.07, 6.45) is 6.50. The van der Waals surface area contributed by atoms with Gasteiger partial charge in [0, 0.05) is 16.6 Å². The molecule has 0 radical (unpaired) electrons. The Morgan fingerprint density at radius 2 is 1.68 bits per heavy atom. The van der Waals surface area contributed by atoms with Crippen molar-refractivity contribution in [2.24, 2.45) is 11.7 Å². The van der Waals surface area contributed by atoms with Crippen molar-refractivity contribution >= 4 is 11.8 Å². The predicted octanol–water partition coefficient (Wildman–Crippen LogP) is 3.40. The van der Waals surface area contributed by atoms with E-state index in [1.807, 2.05) is 11.8 Å². The van der Waals surface area contributed by atoms with Crippen molar-refractivity contribution in [1.82, 2.24) is 9.97 Å². The molecule has 0 bridgehead atoms. The molecular formula is C15H25N3S. The molecule has 1 aromatic heterocycles. The third-order valence-corrected chi connectivity index (χ3v) is 5.58. The molecule has 0 saturated heterocycles. The number of aryl methyl sites for hydroxylation is 2. The summed E-state index contributed by atoms with van der Waals surface area (Å²) in [4.78, 5) is 9.28. The molecule has 106 valence electrons. The maximum absolute atomic E-state index is 5.95. The topological polar surface area (TPSA) is 51.8 Å². The first-order chi connectivity index (χ1) is 9.11. The molecule has 4 heteroatoms. The van der Waals surface area contributed by atoms with E-state index >= 15 is 0 Å². The molecule has 0 spiro atoms. The van der Waals surface area contributed by atoms with Crippen LogP contribution in [0.4, 0.5) is 0 Å². The second-order valence-corrected chi connectivity index (χ2v) is 6.80. The van der Waals surface area contributed by atoms with Gasteiger partial charge in [-0.15, -0.1) is 0 Å². The molecule has 1 aromatic rings. The zero-order chi connectivity index (χ0) is 13.8. The monoisotopic (exact) mass is 279 g/mol. The Kier molecular flexibility index (Phi) is 5.22. The van der Waals surface area contributed by atoms with Crippen LogP contribution in [0.15, 0.2) is 5.16 Å². The average molecular weight is 279 g/mol. The van der Waals surface area contributed by atoms with Gasteiger partial charge in [0.25, 0.3) is 0 Å². The zero-order valence-electron chi connectivity index (χ0n) is 12.3. The summed E-state index contributed by atoms with van der Waals surface area (Å²) in [5.41, 5.74) is 9.36. The van der Waals surface area contributed by atoms with Crippen LogP contribution in [0.1, 0.15) is 49.1 Å². The first-order valence-electron chi connectivity index (χ1n) is 7.30. The second kappa shape index (κ2) is 6.71. The van der Waals surface area contributed by atoms with E-state index in [-0.39, 0.29) is 0 Å². The van der Waals surface area contributed by atoms with Crippen molar-refractivity contribution in [2.75, 3.05) is 6.54 Å². The van der Waals surface area contributed by atoms with E-state index in [1.54, 1.807) is 0 Å². The van der Waals surface area contributed by atoms with Gasteiger partial charge in [0.15, 0.2) is 5.16 Å². The highest BCUT2D eigenvalue weighted by molar-refractivity contribution is 7.99. The van der Waals surface area contributed by atoms with Crippen molar-refractivity contribution in [2.45, 2.75) is 63.3 Å². The lowest BCUT2D eigenvalue weighted by Crippen LogP contribution is -2.24. The Balaban J connectivity index is 2.14. The Hall–Kier alpha value is -0.610. The van der Waals surface area contributed by atoms with E-state index in [2.05, 4.69) is 30.7 Å². The standard InChI is InChI=1S/C15H25N3S/c1-10-11(2)17-15(18-12(10)3)19-14-8-6-4-5-7-13(14)9-16/h13-14H,4-9,16H2,1-3H3. The summed E-state index contributed by atoms with van der Waals surface area (Å²) in [7, 11) is 0. The second-order valence-electron chi connectivity index (χ2n) is 5.59. The lowest BCUT2D eigenvalue weighted by molar-refractivity contribution is 0.483. The van der Waals surface area contributed by atoms with Gasteiger partial charge in [0.05, 0.1) is 0 Å². The number of hydrogen-bond acceptors (Lipinski definition) is 4. The number of aromatic nitrogens is 2. The van der Waals surface area contributed by atoms with Crippen molar-refractivity contribution in [1.29, 1.82) is 0 Å². The van der Waals surface area contributed by atoms with Crippen LogP contribution in [0, 0.1) is 26.7 Å². The van der Waals surface area contributed by atoms with Gasteiger partial charge in [-0.05, 0) is 51.6 Å². The van der Waals surface area contributed by atoms with Crippen molar-refractivity contribution in [3.8, 4) is 0 Å². The van der Waals surface area contributed by atoms with Gasteiger partial charge in [0.1, 0.15) is 0 Å². The van der Waals surface area contributed by atoms with Crippen LogP contribution in [0.3, 0.4) is 0 Å². The lowest BCUT2D eigenvalue weighted by Gasteiger charge is -2.22. The minimum Gasteiger partial charge on any atom is -0.330 e. The fraction of sp³-hybridized carbons (Fsp3) is 0.733. The Morgan fingerprint density at radius 1 is 1.05 bits per heavy atom. The van der Waals surface area contributed by atoms with Gasteiger partial charge < -0.3 is 5.73 Å².